The third-order valence-electron chi connectivity index (χ3n) is 5.92. The molecule has 1 saturated carbocycles. The van der Waals surface area contributed by atoms with Crippen molar-refractivity contribution >= 4 is 20.9 Å². The van der Waals surface area contributed by atoms with Crippen molar-refractivity contribution in [2.75, 3.05) is 0 Å². The maximum atomic E-state index is 13.0. The van der Waals surface area contributed by atoms with Gasteiger partial charge in [0.05, 0.1) is 20.8 Å². The molecule has 1 aliphatic rings. The molecule has 2 heterocycles. The van der Waals surface area contributed by atoms with Gasteiger partial charge in [-0.3, -0.25) is 4.79 Å². The van der Waals surface area contributed by atoms with E-state index >= 15 is 0 Å². The monoisotopic (exact) mass is 427 g/mol. The summed E-state index contributed by atoms with van der Waals surface area (Å²) < 4.78 is 28.4. The molecule has 0 bridgehead atoms. The molecule has 4 rings (SSSR count). The lowest BCUT2D eigenvalue weighted by atomic mass is 9.88. The number of hydrogen-bond donors (Lipinski definition) is 1. The Labute approximate surface area is 177 Å². The van der Waals surface area contributed by atoms with Crippen molar-refractivity contribution in [3.63, 3.8) is 0 Å². The fourth-order valence-corrected chi connectivity index (χ4v) is 5.69. The van der Waals surface area contributed by atoms with Crippen molar-refractivity contribution in [1.82, 2.24) is 14.5 Å². The van der Waals surface area contributed by atoms with Crippen LogP contribution in [0.4, 0.5) is 0 Å². The number of rotatable bonds is 4. The van der Waals surface area contributed by atoms with Crippen LogP contribution < -0.4 is 5.56 Å². The summed E-state index contributed by atoms with van der Waals surface area (Å²) in [5.41, 5.74) is 1.06. The Hall–Kier alpha value is -2.41. The number of sulfone groups is 1. The van der Waals surface area contributed by atoms with Gasteiger partial charge in [-0.05, 0) is 43.0 Å². The van der Waals surface area contributed by atoms with Gasteiger partial charge in [0.25, 0.3) is 0 Å². The van der Waals surface area contributed by atoms with Crippen molar-refractivity contribution in [2.24, 2.45) is 5.92 Å². The van der Waals surface area contributed by atoms with Crippen LogP contribution in [0.2, 0.25) is 0 Å². The Morgan fingerprint density at radius 3 is 2.43 bits per heavy atom. The molecule has 2 aromatic heterocycles. The van der Waals surface area contributed by atoms with Crippen LogP contribution >= 0.6 is 0 Å². The molecule has 1 N–H and O–H groups in total. The zero-order valence-corrected chi connectivity index (χ0v) is 18.6. The molecule has 3 aromatic rings. The van der Waals surface area contributed by atoms with E-state index in [4.69, 9.17) is 4.98 Å². The van der Waals surface area contributed by atoms with Gasteiger partial charge in [0, 0.05) is 24.2 Å². The van der Waals surface area contributed by atoms with E-state index < -0.39 is 15.4 Å². The highest BCUT2D eigenvalue weighted by Gasteiger charge is 2.26. The number of fused-ring (bicyclic) bond motifs is 1. The lowest BCUT2D eigenvalue weighted by Gasteiger charge is -2.26. The highest BCUT2D eigenvalue weighted by Crippen LogP contribution is 2.32. The van der Waals surface area contributed by atoms with Gasteiger partial charge in [-0.25, -0.2) is 13.4 Å². The van der Waals surface area contributed by atoms with Gasteiger partial charge >= 0.3 is 0 Å². The van der Waals surface area contributed by atoms with E-state index in [2.05, 4.69) is 30.3 Å². The third kappa shape index (κ3) is 3.95. The third-order valence-corrected chi connectivity index (χ3v) is 7.67. The minimum absolute atomic E-state index is 0.0108. The lowest BCUT2D eigenvalue weighted by molar-refractivity contribution is 0.313. The van der Waals surface area contributed by atoms with Gasteiger partial charge in [-0.1, -0.05) is 40.0 Å². The lowest BCUT2D eigenvalue weighted by Crippen LogP contribution is -2.22. The molecular weight excluding hydrogens is 398 g/mol. The Morgan fingerprint density at radius 1 is 1.07 bits per heavy atom. The van der Waals surface area contributed by atoms with Gasteiger partial charge in [0.15, 0.2) is 0 Å². The molecule has 7 heteroatoms. The molecule has 1 aromatic carbocycles. The van der Waals surface area contributed by atoms with Crippen LogP contribution in [0.25, 0.3) is 11.0 Å². The van der Waals surface area contributed by atoms with E-state index in [1.54, 1.807) is 12.1 Å². The van der Waals surface area contributed by atoms with Crippen LogP contribution in [-0.4, -0.2) is 23.0 Å². The SMILES string of the molecule is CC(C)(C)c1nc2cc(S(=O)(=O)c3cc[nH]c(=O)c3)ccc2n1CC1CCCCC1. The molecule has 0 saturated heterocycles. The summed E-state index contributed by atoms with van der Waals surface area (Å²) in [5, 5.41) is 0. The summed E-state index contributed by atoms with van der Waals surface area (Å²) >= 11 is 0. The van der Waals surface area contributed by atoms with Crippen molar-refractivity contribution in [1.29, 1.82) is 0 Å². The summed E-state index contributed by atoms with van der Waals surface area (Å²) in [6.45, 7) is 7.34. The highest BCUT2D eigenvalue weighted by atomic mass is 32.2. The first-order chi connectivity index (χ1) is 14.2. The second-order valence-electron chi connectivity index (χ2n) is 9.34. The molecule has 0 unspecified atom stereocenters. The highest BCUT2D eigenvalue weighted by molar-refractivity contribution is 7.91. The fraction of sp³-hybridized carbons (Fsp3) is 0.478. The Balaban J connectivity index is 1.81. The smallest absolute Gasteiger partial charge is 0.249 e. The average Bonchev–Trinajstić information content (AvgIpc) is 3.07. The minimum atomic E-state index is -3.79. The summed E-state index contributed by atoms with van der Waals surface area (Å²) in [7, 11) is -3.79. The fourth-order valence-electron chi connectivity index (χ4n) is 4.39. The first kappa shape index (κ1) is 20.8. The molecule has 6 nitrogen and oxygen atoms in total. The van der Waals surface area contributed by atoms with Gasteiger partial charge < -0.3 is 9.55 Å². The molecule has 1 aliphatic carbocycles. The molecule has 0 spiro atoms. The Bertz CT molecular complexity index is 1230. The number of pyridine rings is 1. The number of aromatic nitrogens is 3. The summed E-state index contributed by atoms with van der Waals surface area (Å²) in [6, 6.07) is 7.65. The Morgan fingerprint density at radius 2 is 1.77 bits per heavy atom. The number of nitrogens with one attached hydrogen (secondary N) is 1. The standard InChI is InChI=1S/C23H29N3O3S/c1-23(2,3)22-25-19-13-17(30(28,29)18-11-12-24-21(27)14-18)9-10-20(19)26(22)15-16-7-5-4-6-8-16/h9-14,16H,4-8,15H2,1-3H3,(H,24,27). The van der Waals surface area contributed by atoms with Crippen LogP contribution in [-0.2, 0) is 21.8 Å². The van der Waals surface area contributed by atoms with Gasteiger partial charge in [-0.2, -0.15) is 0 Å². The number of hydrogen-bond acceptors (Lipinski definition) is 4. The molecule has 0 amide bonds. The van der Waals surface area contributed by atoms with Gasteiger partial charge in [-0.15, -0.1) is 0 Å². The van der Waals surface area contributed by atoms with Crippen LogP contribution in [0.1, 0.15) is 58.7 Å². The normalized spacial score (nSPS) is 16.2. The van der Waals surface area contributed by atoms with Crippen LogP contribution in [0, 0.1) is 5.92 Å². The van der Waals surface area contributed by atoms with Crippen molar-refractivity contribution in [3.8, 4) is 0 Å². The zero-order chi connectivity index (χ0) is 21.5. The second-order valence-corrected chi connectivity index (χ2v) is 11.3. The van der Waals surface area contributed by atoms with E-state index in [1.807, 2.05) is 6.07 Å². The van der Waals surface area contributed by atoms with E-state index in [9.17, 15) is 13.2 Å². The number of H-pyrrole nitrogens is 1. The largest absolute Gasteiger partial charge is 0.329 e. The quantitative estimate of drug-likeness (QED) is 0.667. The predicted octanol–water partition coefficient (Wildman–Crippen LogP) is 4.44. The predicted molar refractivity (Wildman–Crippen MR) is 118 cm³/mol. The molecule has 0 aliphatic heterocycles. The summed E-state index contributed by atoms with van der Waals surface area (Å²) in [4.78, 5) is 19.1. The maximum Gasteiger partial charge on any atom is 0.249 e. The number of aromatic amines is 1. The number of imidazole rings is 1. The van der Waals surface area contributed by atoms with Crippen LogP contribution in [0.15, 0.2) is 51.1 Å². The van der Waals surface area contributed by atoms with Crippen molar-refractivity contribution in [2.45, 2.75) is 74.6 Å². The van der Waals surface area contributed by atoms with E-state index in [0.717, 1.165) is 24.0 Å². The minimum Gasteiger partial charge on any atom is -0.329 e. The maximum absolute atomic E-state index is 13.0. The van der Waals surface area contributed by atoms with E-state index in [-0.39, 0.29) is 15.2 Å². The summed E-state index contributed by atoms with van der Waals surface area (Å²) in [6.07, 6.45) is 7.69. The molecule has 0 atom stereocenters. The summed E-state index contributed by atoms with van der Waals surface area (Å²) in [5.74, 6) is 1.62. The average molecular weight is 428 g/mol. The first-order valence-electron chi connectivity index (χ1n) is 10.6. The van der Waals surface area contributed by atoms with Crippen molar-refractivity contribution < 1.29 is 8.42 Å². The Kier molecular flexibility index (Phi) is 5.34. The second kappa shape index (κ2) is 7.69. The van der Waals surface area contributed by atoms with Crippen LogP contribution in [0.5, 0.6) is 0 Å². The molecular formula is C23H29N3O3S. The van der Waals surface area contributed by atoms with E-state index in [0.29, 0.717) is 11.4 Å². The molecule has 160 valence electrons. The number of benzene rings is 1. The molecule has 0 radical (unpaired) electrons. The number of nitrogens with zero attached hydrogens (tertiary/aromatic N) is 2. The van der Waals surface area contributed by atoms with Gasteiger partial charge in [0.1, 0.15) is 5.82 Å². The van der Waals surface area contributed by atoms with E-state index in [1.165, 1.54) is 44.4 Å². The van der Waals surface area contributed by atoms with Crippen molar-refractivity contribution in [3.05, 3.63) is 52.7 Å². The molecule has 30 heavy (non-hydrogen) atoms. The first-order valence-corrected chi connectivity index (χ1v) is 12.1. The topological polar surface area (TPSA) is 84.8 Å². The van der Waals surface area contributed by atoms with Gasteiger partial charge in [0.2, 0.25) is 15.4 Å². The zero-order valence-electron chi connectivity index (χ0n) is 17.8. The van der Waals surface area contributed by atoms with Crippen LogP contribution in [0.3, 0.4) is 0 Å². The molecule has 1 fully saturated rings.